The lowest BCUT2D eigenvalue weighted by Gasteiger charge is -2.09. The molecule has 2 aromatic carbocycles. The molecule has 0 N–H and O–H groups in total. The van der Waals surface area contributed by atoms with Crippen LogP contribution >= 0.6 is 11.6 Å². The summed E-state index contributed by atoms with van der Waals surface area (Å²) in [5.41, 5.74) is 1.15. The molecule has 5 heteroatoms. The maximum absolute atomic E-state index is 13.5. The van der Waals surface area contributed by atoms with Gasteiger partial charge in [0.15, 0.2) is 0 Å². The molecule has 0 aliphatic rings. The molecule has 0 saturated carbocycles. The van der Waals surface area contributed by atoms with Crippen LogP contribution in [0.25, 0.3) is 10.9 Å². The summed E-state index contributed by atoms with van der Waals surface area (Å²) in [4.78, 5) is 8.16. The third-order valence-electron chi connectivity index (χ3n) is 2.86. The second-order valence-corrected chi connectivity index (χ2v) is 4.53. The van der Waals surface area contributed by atoms with Gasteiger partial charge in [-0.15, -0.1) is 0 Å². The predicted octanol–water partition coefficient (Wildman–Crippen LogP) is 4.00. The third-order valence-corrected chi connectivity index (χ3v) is 3.03. The molecule has 100 valence electrons. The van der Waals surface area contributed by atoms with E-state index in [0.717, 1.165) is 5.39 Å². The second kappa shape index (κ2) is 5.43. The summed E-state index contributed by atoms with van der Waals surface area (Å²) in [6, 6.07) is 13.8. The quantitative estimate of drug-likeness (QED) is 0.683. The first kappa shape index (κ1) is 12.8. The largest absolute Gasteiger partial charge is 0.472 e. The lowest BCUT2D eigenvalue weighted by atomic mass is 10.2. The second-order valence-electron chi connectivity index (χ2n) is 4.20. The number of benzene rings is 2. The Morgan fingerprint density at radius 3 is 2.60 bits per heavy atom. The van der Waals surface area contributed by atoms with Gasteiger partial charge in [0.25, 0.3) is 0 Å². The van der Waals surface area contributed by atoms with Crippen LogP contribution in [0.1, 0.15) is 5.56 Å². The Labute approximate surface area is 120 Å². The summed E-state index contributed by atoms with van der Waals surface area (Å²) in [6.45, 7) is 0.0873. The molecule has 1 aromatic heterocycles. The van der Waals surface area contributed by atoms with Crippen molar-refractivity contribution in [1.82, 2.24) is 9.97 Å². The van der Waals surface area contributed by atoms with Crippen LogP contribution in [0.3, 0.4) is 0 Å². The van der Waals surface area contributed by atoms with Crippen molar-refractivity contribution in [2.75, 3.05) is 0 Å². The van der Waals surface area contributed by atoms with Gasteiger partial charge in [0.2, 0.25) is 11.2 Å². The molecule has 0 bridgehead atoms. The van der Waals surface area contributed by atoms with Crippen LogP contribution in [-0.4, -0.2) is 9.97 Å². The minimum atomic E-state index is -0.308. The van der Waals surface area contributed by atoms with Crippen LogP contribution in [0.5, 0.6) is 5.88 Å². The summed E-state index contributed by atoms with van der Waals surface area (Å²) in [5.74, 6) is 0.0424. The average molecular weight is 289 g/mol. The van der Waals surface area contributed by atoms with Gasteiger partial charge in [0.1, 0.15) is 12.4 Å². The first-order chi connectivity index (χ1) is 9.74. The van der Waals surface area contributed by atoms with Gasteiger partial charge in [-0.2, -0.15) is 4.98 Å². The number of para-hydroxylation sites is 1. The lowest BCUT2D eigenvalue weighted by molar-refractivity contribution is 0.291. The average Bonchev–Trinajstić information content (AvgIpc) is 2.46. The molecule has 0 aliphatic heterocycles. The number of rotatable bonds is 3. The van der Waals surface area contributed by atoms with E-state index in [9.17, 15) is 4.39 Å². The van der Waals surface area contributed by atoms with Crippen LogP contribution in [0, 0.1) is 5.82 Å². The first-order valence-corrected chi connectivity index (χ1v) is 6.40. The van der Waals surface area contributed by atoms with Crippen molar-refractivity contribution in [3.63, 3.8) is 0 Å². The summed E-state index contributed by atoms with van der Waals surface area (Å²) < 4.78 is 19.1. The normalized spacial score (nSPS) is 10.7. The van der Waals surface area contributed by atoms with Crippen LogP contribution in [0.15, 0.2) is 48.5 Å². The summed E-state index contributed by atoms with van der Waals surface area (Å²) in [5, 5.41) is 0.848. The van der Waals surface area contributed by atoms with Gasteiger partial charge in [-0.3, -0.25) is 0 Å². The van der Waals surface area contributed by atoms with E-state index in [1.54, 1.807) is 18.2 Å². The third kappa shape index (κ3) is 2.56. The van der Waals surface area contributed by atoms with E-state index in [-0.39, 0.29) is 17.7 Å². The fourth-order valence-corrected chi connectivity index (χ4v) is 2.06. The number of nitrogens with zero attached hydrogens (tertiary/aromatic N) is 2. The van der Waals surface area contributed by atoms with Crippen molar-refractivity contribution >= 4 is 22.5 Å². The zero-order valence-corrected chi connectivity index (χ0v) is 11.1. The highest BCUT2D eigenvalue weighted by molar-refractivity contribution is 6.28. The van der Waals surface area contributed by atoms with Crippen molar-refractivity contribution < 1.29 is 9.13 Å². The highest BCUT2D eigenvalue weighted by Crippen LogP contribution is 2.24. The molecule has 0 radical (unpaired) electrons. The first-order valence-electron chi connectivity index (χ1n) is 6.02. The van der Waals surface area contributed by atoms with Gasteiger partial charge in [-0.25, -0.2) is 9.37 Å². The smallest absolute Gasteiger partial charge is 0.226 e. The van der Waals surface area contributed by atoms with Crippen LogP contribution in [0.2, 0.25) is 5.28 Å². The Morgan fingerprint density at radius 1 is 1.00 bits per heavy atom. The van der Waals surface area contributed by atoms with E-state index in [1.807, 2.05) is 24.3 Å². The summed E-state index contributed by atoms with van der Waals surface area (Å²) in [7, 11) is 0. The van der Waals surface area contributed by atoms with Gasteiger partial charge in [0.05, 0.1) is 10.9 Å². The molecule has 0 fully saturated rings. The molecule has 0 aliphatic carbocycles. The van der Waals surface area contributed by atoms with Gasteiger partial charge < -0.3 is 4.74 Å². The fraction of sp³-hybridized carbons (Fsp3) is 0.0667. The Hall–Kier alpha value is -2.20. The Kier molecular flexibility index (Phi) is 3.48. The molecule has 0 saturated heterocycles. The number of hydrogen-bond donors (Lipinski definition) is 0. The zero-order chi connectivity index (χ0) is 13.9. The topological polar surface area (TPSA) is 35.0 Å². The number of halogens is 2. The Bertz CT molecular complexity index is 764. The van der Waals surface area contributed by atoms with E-state index < -0.39 is 0 Å². The molecule has 0 unspecified atom stereocenters. The molecule has 3 nitrogen and oxygen atoms in total. The van der Waals surface area contributed by atoms with E-state index in [1.165, 1.54) is 6.07 Å². The number of ether oxygens (including phenoxy) is 1. The van der Waals surface area contributed by atoms with Crippen molar-refractivity contribution in [1.29, 1.82) is 0 Å². The van der Waals surface area contributed by atoms with Crippen molar-refractivity contribution in [3.8, 4) is 5.88 Å². The standard InChI is InChI=1S/C15H10ClFN2O/c16-15-18-13-8-4-2-6-11(13)14(19-15)20-9-10-5-1-3-7-12(10)17/h1-8H,9H2. The molecule has 0 atom stereocenters. The van der Waals surface area contributed by atoms with Crippen molar-refractivity contribution in [2.45, 2.75) is 6.61 Å². The minimum Gasteiger partial charge on any atom is -0.472 e. The monoisotopic (exact) mass is 288 g/mol. The molecule has 20 heavy (non-hydrogen) atoms. The van der Waals surface area contributed by atoms with Crippen molar-refractivity contribution in [3.05, 3.63) is 65.2 Å². The van der Waals surface area contributed by atoms with E-state index in [4.69, 9.17) is 16.3 Å². The predicted molar refractivity (Wildman–Crippen MR) is 75.3 cm³/mol. The Balaban J connectivity index is 1.93. The summed E-state index contributed by atoms with van der Waals surface area (Å²) in [6.07, 6.45) is 0. The molecular formula is C15H10ClFN2O. The highest BCUT2D eigenvalue weighted by Gasteiger charge is 2.09. The molecule has 3 aromatic rings. The highest BCUT2D eigenvalue weighted by atomic mass is 35.5. The fourth-order valence-electron chi connectivity index (χ4n) is 1.89. The number of fused-ring (bicyclic) bond motifs is 1. The van der Waals surface area contributed by atoms with E-state index >= 15 is 0 Å². The van der Waals surface area contributed by atoms with E-state index in [0.29, 0.717) is 17.0 Å². The lowest BCUT2D eigenvalue weighted by Crippen LogP contribution is -2.01. The van der Waals surface area contributed by atoms with Gasteiger partial charge in [-0.05, 0) is 29.8 Å². The van der Waals surface area contributed by atoms with Gasteiger partial charge in [0, 0.05) is 5.56 Å². The maximum atomic E-state index is 13.5. The minimum absolute atomic E-state index is 0.0873. The van der Waals surface area contributed by atoms with Crippen LogP contribution in [0.4, 0.5) is 4.39 Å². The van der Waals surface area contributed by atoms with Crippen molar-refractivity contribution in [2.24, 2.45) is 0 Å². The van der Waals surface area contributed by atoms with Crippen LogP contribution < -0.4 is 4.74 Å². The molecule has 3 rings (SSSR count). The number of hydrogen-bond acceptors (Lipinski definition) is 3. The zero-order valence-electron chi connectivity index (χ0n) is 10.4. The molecular weight excluding hydrogens is 279 g/mol. The SMILES string of the molecule is Fc1ccccc1COc1nc(Cl)nc2ccccc12. The molecule has 0 amide bonds. The Morgan fingerprint density at radius 2 is 1.75 bits per heavy atom. The maximum Gasteiger partial charge on any atom is 0.226 e. The van der Waals surface area contributed by atoms with E-state index in [2.05, 4.69) is 9.97 Å². The molecule has 0 spiro atoms. The van der Waals surface area contributed by atoms with Gasteiger partial charge in [-0.1, -0.05) is 30.3 Å². The summed E-state index contributed by atoms with van der Waals surface area (Å²) >= 11 is 5.86. The number of aromatic nitrogens is 2. The molecule has 1 heterocycles. The van der Waals surface area contributed by atoms with Crippen LogP contribution in [-0.2, 0) is 6.61 Å². The van der Waals surface area contributed by atoms with Gasteiger partial charge >= 0.3 is 0 Å².